The van der Waals surface area contributed by atoms with Gasteiger partial charge in [0.15, 0.2) is 11.5 Å². The van der Waals surface area contributed by atoms with Crippen molar-refractivity contribution in [1.29, 1.82) is 0 Å². The van der Waals surface area contributed by atoms with Gasteiger partial charge in [0.1, 0.15) is 5.82 Å². The third-order valence-electron chi connectivity index (χ3n) is 4.56. The molecule has 0 fully saturated rings. The fraction of sp³-hybridized carbons (Fsp3) is 0.474. The summed E-state index contributed by atoms with van der Waals surface area (Å²) in [4.78, 5) is 12.4. The Bertz CT molecular complexity index is 832. The van der Waals surface area contributed by atoms with Crippen LogP contribution in [-0.2, 0) is 11.3 Å². The number of rotatable bonds is 6. The van der Waals surface area contributed by atoms with Gasteiger partial charge in [-0.3, -0.25) is 4.79 Å². The van der Waals surface area contributed by atoms with Crippen molar-refractivity contribution in [3.05, 3.63) is 34.0 Å². The maximum absolute atomic E-state index is 12.4. The average Bonchev–Trinajstić information content (AvgIpc) is 2.91. The van der Waals surface area contributed by atoms with Gasteiger partial charge in [-0.25, -0.2) is 4.68 Å². The molecule has 1 atom stereocenters. The second-order valence-corrected chi connectivity index (χ2v) is 6.74. The molecule has 1 aliphatic rings. The molecule has 1 aliphatic heterocycles. The monoisotopic (exact) mass is 377 g/mol. The molecule has 3 rings (SSSR count). The van der Waals surface area contributed by atoms with Gasteiger partial charge in [0.25, 0.3) is 0 Å². The van der Waals surface area contributed by atoms with Gasteiger partial charge in [0, 0.05) is 35.5 Å². The molecule has 0 spiro atoms. The van der Waals surface area contributed by atoms with Crippen LogP contribution >= 0.6 is 11.6 Å². The minimum atomic E-state index is -0.165. The van der Waals surface area contributed by atoms with E-state index in [-0.39, 0.29) is 11.8 Å². The minimum Gasteiger partial charge on any atom is -0.493 e. The zero-order chi connectivity index (χ0) is 18.8. The predicted octanol–water partition coefficient (Wildman–Crippen LogP) is 4.14. The van der Waals surface area contributed by atoms with Gasteiger partial charge < -0.3 is 14.8 Å². The van der Waals surface area contributed by atoms with E-state index in [0.717, 1.165) is 35.6 Å². The van der Waals surface area contributed by atoms with E-state index in [2.05, 4.69) is 17.3 Å². The number of hydrogen-bond acceptors (Lipinski definition) is 4. The quantitative estimate of drug-likeness (QED) is 0.821. The van der Waals surface area contributed by atoms with E-state index in [1.54, 1.807) is 13.2 Å². The Morgan fingerprint density at radius 3 is 2.77 bits per heavy atom. The van der Waals surface area contributed by atoms with Crippen LogP contribution in [-0.4, -0.2) is 29.4 Å². The number of nitrogens with zero attached hydrogens (tertiary/aromatic N) is 2. The zero-order valence-electron chi connectivity index (χ0n) is 15.6. The summed E-state index contributed by atoms with van der Waals surface area (Å²) in [6, 6.07) is 3.63. The highest BCUT2D eigenvalue weighted by Gasteiger charge is 2.33. The summed E-state index contributed by atoms with van der Waals surface area (Å²) in [6.07, 6.45) is 1.26. The molecule has 1 aromatic heterocycles. The number of ether oxygens (including phenoxy) is 2. The summed E-state index contributed by atoms with van der Waals surface area (Å²) in [6.45, 7) is 7.24. The van der Waals surface area contributed by atoms with Crippen LogP contribution in [0.5, 0.6) is 11.5 Å². The molecular formula is C19H24ClN3O3. The number of aromatic nitrogens is 2. The van der Waals surface area contributed by atoms with E-state index in [1.807, 2.05) is 24.6 Å². The lowest BCUT2D eigenvalue weighted by Crippen LogP contribution is -2.25. The van der Waals surface area contributed by atoms with E-state index >= 15 is 0 Å². The highest BCUT2D eigenvalue weighted by Crippen LogP contribution is 2.44. The number of benzene rings is 1. The lowest BCUT2D eigenvalue weighted by Gasteiger charge is -2.26. The minimum absolute atomic E-state index is 0.0374. The second kappa shape index (κ2) is 7.58. The van der Waals surface area contributed by atoms with Gasteiger partial charge in [-0.05, 0) is 31.9 Å². The highest BCUT2D eigenvalue weighted by molar-refractivity contribution is 6.31. The maximum Gasteiger partial charge on any atom is 0.226 e. The highest BCUT2D eigenvalue weighted by atomic mass is 35.5. The van der Waals surface area contributed by atoms with Crippen molar-refractivity contribution in [1.82, 2.24) is 9.78 Å². The topological polar surface area (TPSA) is 65.4 Å². The number of nitrogens with one attached hydrogen (secondary N) is 1. The van der Waals surface area contributed by atoms with Crippen molar-refractivity contribution >= 4 is 23.3 Å². The van der Waals surface area contributed by atoms with Crippen LogP contribution in [0.3, 0.4) is 0 Å². The van der Waals surface area contributed by atoms with Crippen LogP contribution in [0.25, 0.3) is 0 Å². The van der Waals surface area contributed by atoms with Gasteiger partial charge in [0.2, 0.25) is 5.91 Å². The average molecular weight is 378 g/mol. The first-order valence-corrected chi connectivity index (χ1v) is 9.25. The van der Waals surface area contributed by atoms with Crippen molar-refractivity contribution in [2.45, 2.75) is 46.1 Å². The maximum atomic E-state index is 12.4. The molecule has 1 amide bonds. The Morgan fingerprint density at radius 2 is 2.12 bits per heavy atom. The van der Waals surface area contributed by atoms with Crippen molar-refractivity contribution in [2.24, 2.45) is 0 Å². The molecule has 1 N–H and O–H groups in total. The molecule has 26 heavy (non-hydrogen) atoms. The van der Waals surface area contributed by atoms with Crippen LogP contribution < -0.4 is 14.8 Å². The molecule has 2 heterocycles. The van der Waals surface area contributed by atoms with E-state index in [1.165, 1.54) is 0 Å². The lowest BCUT2D eigenvalue weighted by atomic mass is 9.85. The second-order valence-electron chi connectivity index (χ2n) is 6.33. The number of carbonyl (C=O) groups is 1. The fourth-order valence-electron chi connectivity index (χ4n) is 3.50. The first kappa shape index (κ1) is 18.6. The summed E-state index contributed by atoms with van der Waals surface area (Å²) in [5.74, 6) is 1.78. The van der Waals surface area contributed by atoms with E-state index in [0.29, 0.717) is 29.5 Å². The molecule has 0 bridgehead atoms. The Morgan fingerprint density at radius 1 is 1.35 bits per heavy atom. The molecule has 0 aliphatic carbocycles. The number of fused-ring (bicyclic) bond motifs is 1. The number of aryl methyl sites for hydroxylation is 2. The van der Waals surface area contributed by atoms with Crippen molar-refractivity contribution < 1.29 is 14.3 Å². The molecule has 140 valence electrons. The van der Waals surface area contributed by atoms with Gasteiger partial charge >= 0.3 is 0 Å². The SMILES string of the molecule is CCCn1nc(C)c2c1NC(=O)CC2c1cc(OCC)c(OC)cc1Cl. The Labute approximate surface area is 158 Å². The van der Waals surface area contributed by atoms with Crippen molar-refractivity contribution in [3.8, 4) is 11.5 Å². The summed E-state index contributed by atoms with van der Waals surface area (Å²) >= 11 is 6.55. The Hall–Kier alpha value is -2.21. The van der Waals surface area contributed by atoms with Gasteiger partial charge in [-0.15, -0.1) is 0 Å². The number of halogens is 1. The Balaban J connectivity index is 2.14. The first-order valence-electron chi connectivity index (χ1n) is 8.87. The van der Waals surface area contributed by atoms with Gasteiger partial charge in [0.05, 0.1) is 19.4 Å². The predicted molar refractivity (Wildman–Crippen MR) is 102 cm³/mol. The van der Waals surface area contributed by atoms with Crippen LogP contribution in [0.4, 0.5) is 5.82 Å². The molecule has 1 unspecified atom stereocenters. The molecule has 0 saturated heterocycles. The summed E-state index contributed by atoms with van der Waals surface area (Å²) < 4.78 is 12.9. The Kier molecular flexibility index (Phi) is 5.41. The zero-order valence-corrected chi connectivity index (χ0v) is 16.3. The summed E-state index contributed by atoms with van der Waals surface area (Å²) in [7, 11) is 1.58. The van der Waals surface area contributed by atoms with Crippen LogP contribution in [0.2, 0.25) is 5.02 Å². The standard InChI is InChI=1S/C19H24ClN3O3/c1-5-7-23-19-18(11(3)22-23)13(9-17(24)21-19)12-8-16(26-6-2)15(25-4)10-14(12)20/h8,10,13H,5-7,9H2,1-4H3,(H,21,24). The number of amides is 1. The third kappa shape index (κ3) is 3.26. The molecule has 7 heteroatoms. The molecular weight excluding hydrogens is 354 g/mol. The van der Waals surface area contributed by atoms with Crippen molar-refractivity contribution in [3.63, 3.8) is 0 Å². The number of anilines is 1. The van der Waals surface area contributed by atoms with Crippen LogP contribution in [0.1, 0.15) is 49.4 Å². The summed E-state index contributed by atoms with van der Waals surface area (Å²) in [5.41, 5.74) is 2.78. The van der Waals surface area contributed by atoms with Gasteiger partial charge in [-0.1, -0.05) is 18.5 Å². The number of carbonyl (C=O) groups excluding carboxylic acids is 1. The van der Waals surface area contributed by atoms with Gasteiger partial charge in [-0.2, -0.15) is 5.10 Å². The number of hydrogen-bond donors (Lipinski definition) is 1. The van der Waals surface area contributed by atoms with E-state index < -0.39 is 0 Å². The first-order chi connectivity index (χ1) is 12.5. The molecule has 1 aromatic carbocycles. The summed E-state index contributed by atoms with van der Waals surface area (Å²) in [5, 5.41) is 8.15. The van der Waals surface area contributed by atoms with Crippen LogP contribution in [0.15, 0.2) is 12.1 Å². The van der Waals surface area contributed by atoms with E-state index in [9.17, 15) is 4.79 Å². The van der Waals surface area contributed by atoms with E-state index in [4.69, 9.17) is 21.1 Å². The normalized spacial score (nSPS) is 16.2. The smallest absolute Gasteiger partial charge is 0.226 e. The van der Waals surface area contributed by atoms with Crippen LogP contribution in [0, 0.1) is 6.92 Å². The molecule has 0 saturated carbocycles. The largest absolute Gasteiger partial charge is 0.493 e. The molecule has 2 aromatic rings. The molecule has 0 radical (unpaired) electrons. The van der Waals surface area contributed by atoms with Crippen molar-refractivity contribution in [2.75, 3.05) is 19.0 Å². The molecule has 6 nitrogen and oxygen atoms in total. The fourth-order valence-corrected chi connectivity index (χ4v) is 3.79. The lowest BCUT2D eigenvalue weighted by molar-refractivity contribution is -0.116. The number of methoxy groups -OCH3 is 1. The third-order valence-corrected chi connectivity index (χ3v) is 4.89.